The maximum atomic E-state index is 10.2. The van der Waals surface area contributed by atoms with Gasteiger partial charge in [0.05, 0.1) is 13.1 Å². The molecular formula is C16H36B14CdN4O26. The van der Waals surface area contributed by atoms with Crippen molar-refractivity contribution in [3.05, 3.63) is 61.2 Å². The molecule has 0 radical (unpaired) electrons. The number of hydrogen-bond donors (Lipinski definition) is 8. The third-order valence-electron chi connectivity index (χ3n) is 7.24. The van der Waals surface area contributed by atoms with Crippen molar-refractivity contribution in [2.24, 2.45) is 0 Å². The molecule has 7 aliphatic rings. The predicted octanol–water partition coefficient (Wildman–Crippen LogP) is -8.60. The van der Waals surface area contributed by atoms with Gasteiger partial charge in [-0.15, -0.1) is 0 Å². The summed E-state index contributed by atoms with van der Waals surface area (Å²) < 4.78 is 101. The second-order valence-corrected chi connectivity index (χ2v) is 11.8. The minimum Gasteiger partial charge on any atom is -0.680 e. The molecule has 30 nitrogen and oxygen atoms in total. The van der Waals surface area contributed by atoms with Gasteiger partial charge in [0, 0.05) is 24.8 Å². The van der Waals surface area contributed by atoms with Crippen molar-refractivity contribution >= 4 is 101 Å². The molecule has 45 heteroatoms. The van der Waals surface area contributed by atoms with Crippen molar-refractivity contribution in [2.75, 3.05) is 13.1 Å². The van der Waals surface area contributed by atoms with E-state index in [1.807, 2.05) is 36.4 Å². The fraction of sp³-hybridized carbons (Fsp3) is 0.375. The normalized spacial score (nSPS) is 29.2. The summed E-state index contributed by atoms with van der Waals surface area (Å²) in [5.74, 6) is 0. The Balaban J connectivity index is 0.000000322. The Morgan fingerprint density at radius 2 is 0.623 bits per heavy atom. The van der Waals surface area contributed by atoms with Gasteiger partial charge in [-0.05, 0) is 37.1 Å². The number of quaternary nitrogens is 2. The summed E-state index contributed by atoms with van der Waals surface area (Å²) in [5, 5.41) is 60.7. The van der Waals surface area contributed by atoms with Crippen LogP contribution in [0.5, 0.6) is 0 Å². The molecule has 0 unspecified atom stereocenters. The number of hydrogen-bond acceptors (Lipinski definition) is 28. The van der Waals surface area contributed by atoms with E-state index >= 15 is 0 Å². The smallest absolute Gasteiger partial charge is 0.680 e. The number of pyridine rings is 2. The molecule has 9 rings (SSSR count). The largest absolute Gasteiger partial charge is 2.00 e. The van der Waals surface area contributed by atoms with Crippen LogP contribution in [0.15, 0.2) is 61.2 Å². The van der Waals surface area contributed by atoms with Gasteiger partial charge in [-0.2, -0.15) is 0 Å². The van der Waals surface area contributed by atoms with E-state index in [2.05, 4.69) is 35.3 Å². The zero-order valence-corrected chi connectivity index (χ0v) is 36.6. The SMILES string of the molecule is CCC[NH3+].CCC[NH3+].OB1OB2OB3OB(O)O[B@-]4(OB(O)O[B@@-]5(OB(O)OB(OB6OB(O)O[B@@-]7(OB(O)O[B@@-](O1)(O2)O7)O6)O5)O4)O3.[Cd+2].c1ccncc1.c1ccncc1. The number of rotatable bonds is 2. The van der Waals surface area contributed by atoms with Gasteiger partial charge in [0.25, 0.3) is 0 Å². The summed E-state index contributed by atoms with van der Waals surface area (Å²) in [6, 6.07) is 11.4. The van der Waals surface area contributed by atoms with E-state index in [-0.39, 0.29) is 27.3 Å². The minimum absolute atomic E-state index is 0. The molecule has 2 aromatic rings. The summed E-state index contributed by atoms with van der Waals surface area (Å²) in [7, 11) is -22.8. The maximum Gasteiger partial charge on any atom is 2.00 e. The molecule has 0 aromatic carbocycles. The number of aromatic nitrogens is 2. The Labute approximate surface area is 371 Å². The topological polar surface area (TPSA) is 387 Å². The molecule has 7 fully saturated rings. The van der Waals surface area contributed by atoms with E-state index in [1.54, 1.807) is 24.8 Å². The van der Waals surface area contributed by atoms with E-state index in [4.69, 9.17) is 91.4 Å². The second-order valence-electron chi connectivity index (χ2n) is 11.8. The molecule has 0 aliphatic carbocycles. The summed E-state index contributed by atoms with van der Waals surface area (Å²) in [4.78, 5) is 7.57. The zero-order chi connectivity index (χ0) is 43.2. The van der Waals surface area contributed by atoms with Crippen LogP contribution in [0, 0.1) is 0 Å². The Kier molecular flexibility index (Phi) is 21.6. The van der Waals surface area contributed by atoms with Crippen molar-refractivity contribution in [2.45, 2.75) is 26.7 Å². The molecule has 61 heavy (non-hydrogen) atoms. The van der Waals surface area contributed by atoms with Gasteiger partial charge in [-0.1, -0.05) is 26.0 Å². The van der Waals surface area contributed by atoms with Gasteiger partial charge >= 0.3 is 128 Å². The second kappa shape index (κ2) is 25.1. The molecule has 320 valence electrons. The average molecular weight is 964 g/mol. The molecule has 4 spiro atoms. The van der Waals surface area contributed by atoms with E-state index in [0.29, 0.717) is 0 Å². The first-order valence-corrected chi connectivity index (χ1v) is 18.1. The molecule has 0 amide bonds. The molecule has 7 aliphatic heterocycles. The Bertz CT molecular complexity index is 1290. The molecule has 7 saturated heterocycles. The molecule has 12 N–H and O–H groups in total. The van der Waals surface area contributed by atoms with Crippen molar-refractivity contribution in [3.8, 4) is 0 Å². The molecule has 9 heterocycles. The van der Waals surface area contributed by atoms with Crippen LogP contribution < -0.4 is 11.5 Å². The molecule has 4 atom stereocenters. The Hall–Kier alpha value is -0.989. The third-order valence-corrected chi connectivity index (χ3v) is 7.24. The van der Waals surface area contributed by atoms with Crippen molar-refractivity contribution in [1.82, 2.24) is 9.97 Å². The van der Waals surface area contributed by atoms with Crippen molar-refractivity contribution in [3.63, 3.8) is 0 Å². The molecular weight excluding hydrogens is 928 g/mol. The van der Waals surface area contributed by atoms with Crippen LogP contribution in [0.4, 0.5) is 0 Å². The molecule has 8 bridgehead atoms. The van der Waals surface area contributed by atoms with E-state index in [9.17, 15) is 30.1 Å². The Morgan fingerprint density at radius 1 is 0.393 bits per heavy atom. The van der Waals surface area contributed by atoms with Crippen LogP contribution in [-0.2, 0) is 119 Å². The van der Waals surface area contributed by atoms with Crippen LogP contribution in [0.1, 0.15) is 26.7 Å². The van der Waals surface area contributed by atoms with Gasteiger partial charge in [0.2, 0.25) is 0 Å². The summed E-state index contributed by atoms with van der Waals surface area (Å²) in [5.41, 5.74) is 7.21. The first-order chi connectivity index (χ1) is 28.7. The van der Waals surface area contributed by atoms with Gasteiger partial charge < -0.3 is 133 Å². The van der Waals surface area contributed by atoms with Crippen LogP contribution in [0.25, 0.3) is 0 Å². The summed E-state index contributed by atoms with van der Waals surface area (Å²) in [6.45, 7) is -9.30. The monoisotopic (exact) mass is 968 g/mol. The minimum atomic E-state index is -3.92. The van der Waals surface area contributed by atoms with Gasteiger partial charge in [-0.25, -0.2) is 0 Å². The number of fused-ring (bicyclic) bond motifs is 4. The standard InChI is InChI=1S/2C5H5N.2C3H9N.B14H6O26.Cd/c2*1-2-4-6-5-3-1;2*1-2-3-4;15-1-21-7-25-8-22-2(16)29-13(36-8)33-6(20)34-14(40-13)30-4(18)24-10(38-14)26-9-23-3(17)28-12(37-9)32-5(19)31-11(27-1,35-7)39-12;/h2*1-5H;2*2-4H2,1H3;15-20H;/q;;;;-4;+2/p+2/t;;;;11-,12+,13-,14+;. The third kappa shape index (κ3) is 16.1. The van der Waals surface area contributed by atoms with E-state index < -0.39 is 101 Å². The van der Waals surface area contributed by atoms with Gasteiger partial charge in [0.1, 0.15) is 0 Å². The first-order valence-electron chi connectivity index (χ1n) is 18.1. The van der Waals surface area contributed by atoms with Crippen LogP contribution in [-0.4, -0.2) is 154 Å². The fourth-order valence-corrected chi connectivity index (χ4v) is 4.63. The fourth-order valence-electron chi connectivity index (χ4n) is 4.63. The van der Waals surface area contributed by atoms with Crippen molar-refractivity contribution < 1.29 is 160 Å². The maximum absolute atomic E-state index is 10.2. The average Bonchev–Trinajstić information content (AvgIpc) is 3.17. The zero-order valence-electron chi connectivity index (χ0n) is 32.5. The summed E-state index contributed by atoms with van der Waals surface area (Å²) >= 11 is 0. The van der Waals surface area contributed by atoms with E-state index in [1.165, 1.54) is 12.8 Å². The number of nitrogens with zero attached hydrogens (tertiary/aromatic N) is 2. The van der Waals surface area contributed by atoms with E-state index in [0.717, 1.165) is 13.1 Å². The van der Waals surface area contributed by atoms with Gasteiger partial charge in [-0.3, -0.25) is 9.97 Å². The van der Waals surface area contributed by atoms with Crippen molar-refractivity contribution in [1.29, 1.82) is 0 Å². The molecule has 0 saturated carbocycles. The summed E-state index contributed by atoms with van der Waals surface area (Å²) in [6.07, 6.45) is 9.42. The predicted molar refractivity (Wildman–Crippen MR) is 200 cm³/mol. The first kappa shape index (κ1) is 52.6. The van der Waals surface area contributed by atoms with Crippen LogP contribution in [0.3, 0.4) is 0 Å². The van der Waals surface area contributed by atoms with Crippen LogP contribution >= 0.6 is 0 Å². The van der Waals surface area contributed by atoms with Gasteiger partial charge in [0.15, 0.2) is 0 Å². The molecule has 2 aromatic heterocycles. The Morgan fingerprint density at radius 3 is 0.803 bits per heavy atom. The quantitative estimate of drug-likeness (QED) is 0.130. The van der Waals surface area contributed by atoms with Crippen LogP contribution in [0.2, 0.25) is 0 Å².